The van der Waals surface area contributed by atoms with E-state index >= 15 is 0 Å². The molecule has 1 fully saturated rings. The van der Waals surface area contributed by atoms with Gasteiger partial charge in [-0.05, 0) is 37.8 Å². The lowest BCUT2D eigenvalue weighted by Gasteiger charge is -2.38. The first kappa shape index (κ1) is 12.7. The van der Waals surface area contributed by atoms with Crippen LogP contribution in [0.1, 0.15) is 25.7 Å². The standard InChI is InChI=1S/C15H16ClN5/c16-12-7-11(20-14-3-6-17-10-18-14)9-21-13(12)8-19-15(21)4-1-2-5-15/h3,6-10,19H,1-2,4-5H2,(H,17,18,20). The summed E-state index contributed by atoms with van der Waals surface area (Å²) in [6.45, 7) is 0. The van der Waals surface area contributed by atoms with E-state index in [-0.39, 0.29) is 5.66 Å². The Morgan fingerprint density at radius 1 is 1.33 bits per heavy atom. The number of hydrogen-bond acceptors (Lipinski definition) is 5. The van der Waals surface area contributed by atoms with Crippen LogP contribution in [-0.4, -0.2) is 20.5 Å². The molecule has 1 saturated carbocycles. The van der Waals surface area contributed by atoms with E-state index < -0.39 is 0 Å². The van der Waals surface area contributed by atoms with Gasteiger partial charge in [-0.2, -0.15) is 0 Å². The van der Waals surface area contributed by atoms with Crippen molar-refractivity contribution in [3.8, 4) is 0 Å². The minimum Gasteiger partial charge on any atom is -0.367 e. The van der Waals surface area contributed by atoms with Crippen molar-refractivity contribution < 1.29 is 0 Å². The Morgan fingerprint density at radius 2 is 2.19 bits per heavy atom. The van der Waals surface area contributed by atoms with Crippen molar-refractivity contribution in [1.82, 2.24) is 20.2 Å². The number of aromatic nitrogens is 2. The third-order valence-corrected chi connectivity index (χ3v) is 4.58. The predicted molar refractivity (Wildman–Crippen MR) is 81.9 cm³/mol. The molecule has 1 spiro atoms. The van der Waals surface area contributed by atoms with Gasteiger partial charge in [-0.15, -0.1) is 0 Å². The molecule has 0 unspecified atom stereocenters. The molecule has 21 heavy (non-hydrogen) atoms. The third-order valence-electron chi connectivity index (χ3n) is 4.28. The van der Waals surface area contributed by atoms with Crippen molar-refractivity contribution in [2.24, 2.45) is 0 Å². The summed E-state index contributed by atoms with van der Waals surface area (Å²) < 4.78 is 0. The van der Waals surface area contributed by atoms with Crippen molar-refractivity contribution >= 4 is 17.4 Å². The van der Waals surface area contributed by atoms with E-state index in [9.17, 15) is 0 Å². The van der Waals surface area contributed by atoms with Crippen molar-refractivity contribution in [3.63, 3.8) is 0 Å². The highest BCUT2D eigenvalue weighted by molar-refractivity contribution is 6.32. The molecule has 1 aromatic heterocycles. The topological polar surface area (TPSA) is 53.1 Å². The number of nitrogens with one attached hydrogen (secondary N) is 2. The summed E-state index contributed by atoms with van der Waals surface area (Å²) in [5, 5.41) is 7.55. The highest BCUT2D eigenvalue weighted by Gasteiger charge is 2.44. The zero-order valence-electron chi connectivity index (χ0n) is 11.5. The molecule has 0 atom stereocenters. The lowest BCUT2D eigenvalue weighted by molar-refractivity contribution is 0.193. The summed E-state index contributed by atoms with van der Waals surface area (Å²) in [5.41, 5.74) is 1.99. The minimum atomic E-state index is 0.00232. The van der Waals surface area contributed by atoms with Gasteiger partial charge >= 0.3 is 0 Å². The van der Waals surface area contributed by atoms with Gasteiger partial charge in [0.1, 0.15) is 17.8 Å². The maximum atomic E-state index is 6.44. The second-order valence-electron chi connectivity index (χ2n) is 5.58. The zero-order chi connectivity index (χ0) is 14.3. The van der Waals surface area contributed by atoms with Gasteiger partial charge in [-0.1, -0.05) is 11.6 Å². The number of nitrogens with zero attached hydrogens (tertiary/aromatic N) is 3. The van der Waals surface area contributed by atoms with Gasteiger partial charge in [0.05, 0.1) is 16.4 Å². The highest BCUT2D eigenvalue weighted by Crippen LogP contribution is 2.43. The van der Waals surface area contributed by atoms with E-state index in [1.165, 1.54) is 19.2 Å². The van der Waals surface area contributed by atoms with Gasteiger partial charge in [-0.3, -0.25) is 0 Å². The van der Waals surface area contributed by atoms with E-state index in [0.29, 0.717) is 0 Å². The summed E-state index contributed by atoms with van der Waals surface area (Å²) in [5.74, 6) is 0.761. The molecule has 0 bridgehead atoms. The number of hydrogen-bond donors (Lipinski definition) is 2. The molecule has 4 rings (SSSR count). The Hall–Kier alpha value is -2.01. The molecule has 0 amide bonds. The normalized spacial score (nSPS) is 22.3. The first-order chi connectivity index (χ1) is 10.3. The average Bonchev–Trinajstić information content (AvgIpc) is 3.10. The largest absolute Gasteiger partial charge is 0.367 e. The predicted octanol–water partition coefficient (Wildman–Crippen LogP) is 2.88. The van der Waals surface area contributed by atoms with Gasteiger partial charge in [0.15, 0.2) is 0 Å². The van der Waals surface area contributed by atoms with Crippen LogP contribution >= 0.6 is 11.6 Å². The molecular weight excluding hydrogens is 286 g/mol. The van der Waals surface area contributed by atoms with Gasteiger partial charge in [-0.25, -0.2) is 9.97 Å². The fraction of sp³-hybridized carbons (Fsp3) is 0.333. The molecule has 0 aromatic carbocycles. The van der Waals surface area contributed by atoms with E-state index in [0.717, 1.165) is 35.1 Å². The van der Waals surface area contributed by atoms with Crippen LogP contribution in [0.25, 0.3) is 0 Å². The summed E-state index contributed by atoms with van der Waals surface area (Å²) in [6.07, 6.45) is 14.1. The lowest BCUT2D eigenvalue weighted by atomic mass is 10.1. The average molecular weight is 302 g/mol. The van der Waals surface area contributed by atoms with Crippen LogP contribution in [0.2, 0.25) is 0 Å². The quantitative estimate of drug-likeness (QED) is 0.880. The van der Waals surface area contributed by atoms with Crippen LogP contribution in [0.4, 0.5) is 5.82 Å². The van der Waals surface area contributed by atoms with Crippen LogP contribution in [0.3, 0.4) is 0 Å². The third kappa shape index (κ3) is 2.08. The minimum absolute atomic E-state index is 0.00232. The Kier molecular flexibility index (Phi) is 2.89. The van der Waals surface area contributed by atoms with Crippen molar-refractivity contribution in [1.29, 1.82) is 0 Å². The van der Waals surface area contributed by atoms with Gasteiger partial charge < -0.3 is 15.5 Å². The lowest BCUT2D eigenvalue weighted by Crippen LogP contribution is -2.48. The van der Waals surface area contributed by atoms with Crippen LogP contribution in [0.15, 0.2) is 53.5 Å². The summed E-state index contributed by atoms with van der Waals surface area (Å²) in [6, 6.07) is 1.83. The smallest absolute Gasteiger partial charge is 0.133 e. The Balaban J connectivity index is 1.65. The summed E-state index contributed by atoms with van der Waals surface area (Å²) in [4.78, 5) is 10.4. The van der Waals surface area contributed by atoms with Gasteiger partial charge in [0.2, 0.25) is 0 Å². The van der Waals surface area contributed by atoms with E-state index in [1.54, 1.807) is 6.20 Å². The first-order valence-electron chi connectivity index (χ1n) is 7.17. The van der Waals surface area contributed by atoms with E-state index in [2.05, 4.69) is 31.7 Å². The first-order valence-corrected chi connectivity index (χ1v) is 7.54. The van der Waals surface area contributed by atoms with Gasteiger partial charge in [0.25, 0.3) is 0 Å². The summed E-state index contributed by atoms with van der Waals surface area (Å²) in [7, 11) is 0. The Labute approximate surface area is 128 Å². The molecule has 3 aliphatic rings. The molecule has 0 saturated heterocycles. The van der Waals surface area contributed by atoms with Crippen LogP contribution < -0.4 is 10.6 Å². The Bertz CT molecular complexity index is 643. The molecule has 2 aliphatic heterocycles. The monoisotopic (exact) mass is 301 g/mol. The molecule has 2 N–H and O–H groups in total. The molecule has 3 heterocycles. The number of allylic oxidation sites excluding steroid dienone is 2. The second-order valence-corrected chi connectivity index (χ2v) is 5.99. The highest BCUT2D eigenvalue weighted by atomic mass is 35.5. The number of fused-ring (bicyclic) bond motifs is 2. The van der Waals surface area contributed by atoms with Crippen molar-refractivity contribution in [2.45, 2.75) is 31.3 Å². The Morgan fingerprint density at radius 3 is 2.95 bits per heavy atom. The van der Waals surface area contributed by atoms with E-state index in [4.69, 9.17) is 11.6 Å². The molecule has 5 nitrogen and oxygen atoms in total. The maximum Gasteiger partial charge on any atom is 0.133 e. The van der Waals surface area contributed by atoms with Crippen LogP contribution in [0.5, 0.6) is 0 Å². The molecule has 1 aromatic rings. The molecule has 6 heteroatoms. The summed E-state index contributed by atoms with van der Waals surface area (Å²) >= 11 is 6.44. The fourth-order valence-corrected chi connectivity index (χ4v) is 3.53. The molecule has 1 aliphatic carbocycles. The second kappa shape index (κ2) is 4.77. The van der Waals surface area contributed by atoms with Crippen LogP contribution in [-0.2, 0) is 0 Å². The zero-order valence-corrected chi connectivity index (χ0v) is 12.3. The number of rotatable bonds is 2. The number of halogens is 1. The van der Waals surface area contributed by atoms with E-state index in [1.807, 2.05) is 18.3 Å². The fourth-order valence-electron chi connectivity index (χ4n) is 3.26. The van der Waals surface area contributed by atoms with Gasteiger partial charge in [0, 0.05) is 18.6 Å². The van der Waals surface area contributed by atoms with Crippen molar-refractivity contribution in [2.75, 3.05) is 5.32 Å². The number of anilines is 1. The SMILES string of the molecule is ClC1=CC(Nc2ccncn2)=CN2C1=CNC21CCCC1. The maximum absolute atomic E-state index is 6.44. The molecule has 0 radical (unpaired) electrons. The van der Waals surface area contributed by atoms with Crippen LogP contribution in [0, 0.1) is 0 Å². The molecule has 108 valence electrons. The molecular formula is C15H16ClN5. The van der Waals surface area contributed by atoms with Crippen molar-refractivity contribution in [3.05, 3.63) is 53.5 Å².